The maximum absolute atomic E-state index is 9.43. The van der Waals surface area contributed by atoms with Crippen LogP contribution in [0.3, 0.4) is 0 Å². The lowest BCUT2D eigenvalue weighted by atomic mass is 10.1. The largest absolute Gasteiger partial charge is 0.508 e. The van der Waals surface area contributed by atoms with Crippen LogP contribution in [0.5, 0.6) is 5.75 Å². The number of rotatable bonds is 2. The molecule has 0 heterocycles. The highest BCUT2D eigenvalue weighted by Crippen LogP contribution is 2.25. The van der Waals surface area contributed by atoms with E-state index in [4.69, 9.17) is 17.3 Å². The lowest BCUT2D eigenvalue weighted by Gasteiger charge is -2.05. The van der Waals surface area contributed by atoms with Gasteiger partial charge in [0.15, 0.2) is 0 Å². The topological polar surface area (TPSA) is 46.2 Å². The molecule has 0 aromatic heterocycles. The Hall–Kier alpha value is -0.730. The molecule has 0 saturated carbocycles. The van der Waals surface area contributed by atoms with Gasteiger partial charge in [0.1, 0.15) is 5.75 Å². The number of aryl methyl sites for hydroxylation is 1. The van der Waals surface area contributed by atoms with E-state index in [-0.39, 0.29) is 5.75 Å². The zero-order chi connectivity index (χ0) is 9.14. The molecule has 0 amide bonds. The number of hydrogen-bond acceptors (Lipinski definition) is 2. The maximum Gasteiger partial charge on any atom is 0.119 e. The zero-order valence-corrected chi connectivity index (χ0v) is 7.73. The Kier molecular flexibility index (Phi) is 2.95. The molecule has 1 aromatic carbocycles. The van der Waals surface area contributed by atoms with Crippen LogP contribution in [-0.2, 0) is 6.42 Å². The van der Waals surface area contributed by atoms with Gasteiger partial charge in [-0.25, -0.2) is 0 Å². The van der Waals surface area contributed by atoms with Crippen LogP contribution in [0.2, 0.25) is 5.02 Å². The molecule has 0 saturated heterocycles. The average Bonchev–Trinajstić information content (AvgIpc) is 2.01. The summed E-state index contributed by atoms with van der Waals surface area (Å²) >= 11 is 5.87. The van der Waals surface area contributed by atoms with Crippen LogP contribution in [0, 0.1) is 6.92 Å². The van der Waals surface area contributed by atoms with Crippen molar-refractivity contribution in [2.45, 2.75) is 13.3 Å². The van der Waals surface area contributed by atoms with Crippen molar-refractivity contribution in [1.29, 1.82) is 0 Å². The van der Waals surface area contributed by atoms with Gasteiger partial charge in [-0.3, -0.25) is 0 Å². The number of nitrogens with two attached hydrogens (primary N) is 1. The van der Waals surface area contributed by atoms with Gasteiger partial charge in [-0.15, -0.1) is 0 Å². The molecule has 1 rings (SSSR count). The van der Waals surface area contributed by atoms with Crippen LogP contribution in [-0.4, -0.2) is 11.7 Å². The first kappa shape index (κ1) is 9.36. The normalized spacial score (nSPS) is 10.2. The van der Waals surface area contributed by atoms with Crippen LogP contribution in [0.4, 0.5) is 0 Å². The Labute approximate surface area is 77.0 Å². The second kappa shape index (κ2) is 3.78. The van der Waals surface area contributed by atoms with E-state index in [0.717, 1.165) is 11.1 Å². The molecule has 0 fully saturated rings. The first-order chi connectivity index (χ1) is 5.65. The molecular formula is C9H12ClNO. The van der Waals surface area contributed by atoms with Crippen LogP contribution in [0.25, 0.3) is 0 Å². The number of benzene rings is 1. The Morgan fingerprint density at radius 2 is 2.17 bits per heavy atom. The Morgan fingerprint density at radius 1 is 1.50 bits per heavy atom. The molecule has 0 atom stereocenters. The van der Waals surface area contributed by atoms with E-state index in [9.17, 15) is 5.11 Å². The zero-order valence-electron chi connectivity index (χ0n) is 6.97. The van der Waals surface area contributed by atoms with Crippen molar-refractivity contribution in [3.63, 3.8) is 0 Å². The van der Waals surface area contributed by atoms with E-state index in [1.54, 1.807) is 12.1 Å². The van der Waals surface area contributed by atoms with Crippen molar-refractivity contribution in [1.82, 2.24) is 0 Å². The maximum atomic E-state index is 9.43. The standard InChI is InChI=1S/C9H12ClNO/c1-6-4-9(12)7(2-3-11)5-8(6)10/h4-5,12H,2-3,11H2,1H3. The molecule has 0 radical (unpaired) electrons. The fraction of sp³-hybridized carbons (Fsp3) is 0.333. The molecule has 3 heteroatoms. The minimum atomic E-state index is 0.280. The Balaban J connectivity index is 3.05. The van der Waals surface area contributed by atoms with Gasteiger partial charge < -0.3 is 10.8 Å². The minimum Gasteiger partial charge on any atom is -0.508 e. The quantitative estimate of drug-likeness (QED) is 0.739. The molecule has 0 spiro atoms. The Bertz CT molecular complexity index is 286. The van der Waals surface area contributed by atoms with E-state index in [2.05, 4.69) is 0 Å². The summed E-state index contributed by atoms with van der Waals surface area (Å²) < 4.78 is 0. The van der Waals surface area contributed by atoms with Crippen LogP contribution < -0.4 is 5.73 Å². The van der Waals surface area contributed by atoms with Crippen molar-refractivity contribution in [3.05, 3.63) is 28.3 Å². The van der Waals surface area contributed by atoms with Gasteiger partial charge in [0.25, 0.3) is 0 Å². The number of aromatic hydroxyl groups is 1. The molecular weight excluding hydrogens is 174 g/mol. The molecule has 0 unspecified atom stereocenters. The van der Waals surface area contributed by atoms with Gasteiger partial charge in [-0.1, -0.05) is 11.6 Å². The van der Waals surface area contributed by atoms with Crippen molar-refractivity contribution in [2.75, 3.05) is 6.54 Å². The number of phenols is 1. The molecule has 1 aromatic rings. The highest BCUT2D eigenvalue weighted by molar-refractivity contribution is 6.31. The van der Waals surface area contributed by atoms with E-state index in [0.29, 0.717) is 18.0 Å². The van der Waals surface area contributed by atoms with Gasteiger partial charge in [0.2, 0.25) is 0 Å². The van der Waals surface area contributed by atoms with Crippen molar-refractivity contribution < 1.29 is 5.11 Å². The van der Waals surface area contributed by atoms with Crippen molar-refractivity contribution in [2.24, 2.45) is 5.73 Å². The molecule has 3 N–H and O–H groups in total. The molecule has 0 aliphatic rings. The van der Waals surface area contributed by atoms with Gasteiger partial charge in [-0.2, -0.15) is 0 Å². The summed E-state index contributed by atoms with van der Waals surface area (Å²) in [4.78, 5) is 0. The first-order valence-corrected chi connectivity index (χ1v) is 4.21. The minimum absolute atomic E-state index is 0.280. The predicted octanol–water partition coefficient (Wildman–Crippen LogP) is 1.86. The summed E-state index contributed by atoms with van der Waals surface area (Å²) in [6.07, 6.45) is 0.659. The summed E-state index contributed by atoms with van der Waals surface area (Å²) in [6.45, 7) is 2.38. The lowest BCUT2D eigenvalue weighted by molar-refractivity contribution is 0.468. The first-order valence-electron chi connectivity index (χ1n) is 3.83. The molecule has 0 aliphatic heterocycles. The molecule has 12 heavy (non-hydrogen) atoms. The third-order valence-corrected chi connectivity index (χ3v) is 2.18. The summed E-state index contributed by atoms with van der Waals surface area (Å²) in [6, 6.07) is 3.42. The summed E-state index contributed by atoms with van der Waals surface area (Å²) in [5.41, 5.74) is 7.06. The Morgan fingerprint density at radius 3 is 2.75 bits per heavy atom. The van der Waals surface area contributed by atoms with Crippen LogP contribution >= 0.6 is 11.6 Å². The lowest BCUT2D eigenvalue weighted by Crippen LogP contribution is -2.02. The fourth-order valence-corrected chi connectivity index (χ4v) is 1.25. The second-order valence-electron chi connectivity index (χ2n) is 2.77. The van der Waals surface area contributed by atoms with E-state index in [1.807, 2.05) is 6.92 Å². The van der Waals surface area contributed by atoms with Gasteiger partial charge in [0.05, 0.1) is 0 Å². The fourth-order valence-electron chi connectivity index (χ4n) is 1.06. The predicted molar refractivity (Wildman–Crippen MR) is 50.6 cm³/mol. The summed E-state index contributed by atoms with van der Waals surface area (Å²) in [7, 11) is 0. The number of halogens is 1. The summed E-state index contributed by atoms with van der Waals surface area (Å²) in [5, 5.41) is 10.1. The van der Waals surface area contributed by atoms with Gasteiger partial charge in [0, 0.05) is 5.02 Å². The smallest absolute Gasteiger partial charge is 0.119 e. The molecule has 0 bridgehead atoms. The van der Waals surface area contributed by atoms with E-state index >= 15 is 0 Å². The molecule has 2 nitrogen and oxygen atoms in total. The SMILES string of the molecule is Cc1cc(O)c(CCN)cc1Cl. The van der Waals surface area contributed by atoms with Crippen LogP contribution in [0.15, 0.2) is 12.1 Å². The molecule has 0 aliphatic carbocycles. The number of hydrogen-bond donors (Lipinski definition) is 2. The summed E-state index contributed by atoms with van der Waals surface area (Å²) in [5.74, 6) is 0.280. The highest BCUT2D eigenvalue weighted by Gasteiger charge is 2.03. The van der Waals surface area contributed by atoms with E-state index in [1.165, 1.54) is 0 Å². The average molecular weight is 186 g/mol. The highest BCUT2D eigenvalue weighted by atomic mass is 35.5. The van der Waals surface area contributed by atoms with Gasteiger partial charge in [-0.05, 0) is 43.1 Å². The van der Waals surface area contributed by atoms with E-state index < -0.39 is 0 Å². The third kappa shape index (κ3) is 1.90. The monoisotopic (exact) mass is 185 g/mol. The second-order valence-corrected chi connectivity index (χ2v) is 3.18. The number of phenolic OH excluding ortho intramolecular Hbond substituents is 1. The molecule has 66 valence electrons. The van der Waals surface area contributed by atoms with Crippen LogP contribution in [0.1, 0.15) is 11.1 Å². The van der Waals surface area contributed by atoms with Crippen molar-refractivity contribution in [3.8, 4) is 5.75 Å². The van der Waals surface area contributed by atoms with Crippen molar-refractivity contribution >= 4 is 11.6 Å². The third-order valence-electron chi connectivity index (χ3n) is 1.77. The van der Waals surface area contributed by atoms with Gasteiger partial charge >= 0.3 is 0 Å².